The lowest BCUT2D eigenvalue weighted by Gasteiger charge is -2.09. The average molecular weight is 387 g/mol. The number of aromatic nitrogens is 5. The topological polar surface area (TPSA) is 115 Å². The molecule has 2 heterocycles. The number of hydrogen-bond acceptors (Lipinski definition) is 10. The van der Waals surface area contributed by atoms with E-state index in [-0.39, 0.29) is 5.95 Å². The summed E-state index contributed by atoms with van der Waals surface area (Å²) in [4.78, 5) is 12.8. The summed E-state index contributed by atoms with van der Waals surface area (Å²) in [5.74, 6) is 1.70. The summed E-state index contributed by atoms with van der Waals surface area (Å²) in [6.45, 7) is 6.32. The van der Waals surface area contributed by atoms with Crippen LogP contribution < -0.4 is 16.4 Å². The van der Waals surface area contributed by atoms with Gasteiger partial charge >= 0.3 is 0 Å². The Kier molecular flexibility index (Phi) is 5.97. The molecule has 0 amide bonds. The zero-order valence-corrected chi connectivity index (χ0v) is 15.8. The SMILES string of the molecule is C=CCNc1nnc(SCc2nc(N)nc(Nc3ccccc3C)n2)s1. The Morgan fingerprint density at radius 2 is 2.08 bits per heavy atom. The van der Waals surface area contributed by atoms with Crippen molar-refractivity contribution in [2.75, 3.05) is 22.9 Å². The van der Waals surface area contributed by atoms with Crippen molar-refractivity contribution in [2.45, 2.75) is 17.0 Å². The second-order valence-electron chi connectivity index (χ2n) is 5.20. The number of thioether (sulfide) groups is 1. The van der Waals surface area contributed by atoms with Gasteiger partial charge in [0.1, 0.15) is 5.82 Å². The number of hydrogen-bond donors (Lipinski definition) is 3. The molecule has 0 radical (unpaired) electrons. The number of nitrogen functional groups attached to an aromatic ring is 1. The number of aryl methyl sites for hydroxylation is 1. The maximum Gasteiger partial charge on any atom is 0.232 e. The molecule has 3 rings (SSSR count). The van der Waals surface area contributed by atoms with E-state index in [4.69, 9.17) is 5.73 Å². The van der Waals surface area contributed by atoms with E-state index in [1.54, 1.807) is 6.08 Å². The molecule has 134 valence electrons. The molecule has 26 heavy (non-hydrogen) atoms. The predicted molar refractivity (Wildman–Crippen MR) is 107 cm³/mol. The van der Waals surface area contributed by atoms with Crippen LogP contribution in [0.15, 0.2) is 41.3 Å². The molecule has 1 aromatic carbocycles. The molecule has 0 spiro atoms. The van der Waals surface area contributed by atoms with Crippen molar-refractivity contribution in [3.8, 4) is 0 Å². The Morgan fingerprint density at radius 1 is 1.23 bits per heavy atom. The molecule has 0 aliphatic carbocycles. The third-order valence-electron chi connectivity index (χ3n) is 3.22. The molecule has 0 saturated carbocycles. The summed E-state index contributed by atoms with van der Waals surface area (Å²) < 4.78 is 0.823. The molecule has 0 unspecified atom stereocenters. The molecule has 8 nitrogen and oxygen atoms in total. The highest BCUT2D eigenvalue weighted by molar-refractivity contribution is 8.00. The summed E-state index contributed by atoms with van der Waals surface area (Å²) >= 11 is 2.97. The lowest BCUT2D eigenvalue weighted by atomic mass is 10.2. The van der Waals surface area contributed by atoms with Crippen LogP contribution in [-0.4, -0.2) is 31.7 Å². The molecule has 0 saturated heterocycles. The fraction of sp³-hybridized carbons (Fsp3) is 0.188. The Labute approximate surface area is 159 Å². The smallest absolute Gasteiger partial charge is 0.232 e. The van der Waals surface area contributed by atoms with Crippen molar-refractivity contribution in [1.82, 2.24) is 25.1 Å². The van der Waals surface area contributed by atoms with Crippen LogP contribution in [0.25, 0.3) is 0 Å². The second kappa shape index (κ2) is 8.59. The number of para-hydroxylation sites is 1. The van der Waals surface area contributed by atoms with Gasteiger partial charge in [-0.2, -0.15) is 15.0 Å². The van der Waals surface area contributed by atoms with Crippen molar-refractivity contribution in [3.05, 3.63) is 48.3 Å². The van der Waals surface area contributed by atoms with Gasteiger partial charge in [0.05, 0.1) is 5.75 Å². The van der Waals surface area contributed by atoms with E-state index in [1.165, 1.54) is 23.1 Å². The highest BCUT2D eigenvalue weighted by Crippen LogP contribution is 2.28. The Bertz CT molecular complexity index is 895. The van der Waals surface area contributed by atoms with Crippen LogP contribution in [0.5, 0.6) is 0 Å². The number of nitrogens with one attached hydrogen (secondary N) is 2. The Balaban J connectivity index is 1.67. The van der Waals surface area contributed by atoms with Gasteiger partial charge in [0.25, 0.3) is 0 Å². The first kappa shape index (κ1) is 18.1. The summed E-state index contributed by atoms with van der Waals surface area (Å²) in [5.41, 5.74) is 7.85. The van der Waals surface area contributed by atoms with Crippen LogP contribution in [0.2, 0.25) is 0 Å². The van der Waals surface area contributed by atoms with Crippen LogP contribution in [0.4, 0.5) is 22.7 Å². The van der Waals surface area contributed by atoms with E-state index in [0.717, 1.165) is 20.7 Å². The minimum atomic E-state index is 0.178. The molecule has 3 aromatic rings. The monoisotopic (exact) mass is 386 g/mol. The third kappa shape index (κ3) is 4.90. The van der Waals surface area contributed by atoms with Crippen LogP contribution in [0, 0.1) is 6.92 Å². The second-order valence-corrected chi connectivity index (χ2v) is 7.40. The first-order valence-corrected chi connectivity index (χ1v) is 9.58. The van der Waals surface area contributed by atoms with Crippen molar-refractivity contribution in [3.63, 3.8) is 0 Å². The number of nitrogens with two attached hydrogens (primary N) is 1. The van der Waals surface area contributed by atoms with Crippen LogP contribution in [-0.2, 0) is 5.75 Å². The first-order valence-electron chi connectivity index (χ1n) is 7.78. The van der Waals surface area contributed by atoms with Gasteiger partial charge < -0.3 is 16.4 Å². The predicted octanol–water partition coefficient (Wildman–Crippen LogP) is 3.25. The molecule has 0 atom stereocenters. The largest absolute Gasteiger partial charge is 0.368 e. The van der Waals surface area contributed by atoms with Gasteiger partial charge in [-0.25, -0.2) is 0 Å². The van der Waals surface area contributed by atoms with Gasteiger partial charge in [-0.3, -0.25) is 0 Å². The third-order valence-corrected chi connectivity index (χ3v) is 5.23. The zero-order valence-electron chi connectivity index (χ0n) is 14.1. The fourth-order valence-corrected chi connectivity index (χ4v) is 3.63. The van der Waals surface area contributed by atoms with E-state index >= 15 is 0 Å². The van der Waals surface area contributed by atoms with Gasteiger partial charge in [0.15, 0.2) is 4.34 Å². The quantitative estimate of drug-likeness (QED) is 0.396. The molecular weight excluding hydrogens is 368 g/mol. The highest BCUT2D eigenvalue weighted by Gasteiger charge is 2.09. The van der Waals surface area contributed by atoms with Crippen LogP contribution in [0.1, 0.15) is 11.4 Å². The average Bonchev–Trinajstić information content (AvgIpc) is 3.08. The number of nitrogens with zero attached hydrogens (tertiary/aromatic N) is 5. The van der Waals surface area contributed by atoms with Gasteiger partial charge in [-0.05, 0) is 18.6 Å². The minimum absolute atomic E-state index is 0.178. The standard InChI is InChI=1S/C16H18N8S2/c1-3-8-18-15-23-24-16(26-15)25-9-12-20-13(17)22-14(21-12)19-11-7-5-4-6-10(11)2/h3-7H,1,8-9H2,2H3,(H,18,23)(H3,17,19,20,21,22). The Hall–Kier alpha value is -2.72. The van der Waals surface area contributed by atoms with E-state index in [0.29, 0.717) is 24.1 Å². The van der Waals surface area contributed by atoms with Crippen LogP contribution >= 0.6 is 23.1 Å². The molecule has 2 aromatic heterocycles. The van der Waals surface area contributed by atoms with Crippen molar-refractivity contribution >= 4 is 45.8 Å². The number of benzene rings is 1. The zero-order chi connectivity index (χ0) is 18.4. The molecule has 0 aliphatic heterocycles. The summed E-state index contributed by atoms with van der Waals surface area (Å²) in [7, 11) is 0. The van der Waals surface area contributed by atoms with Gasteiger partial charge in [0.2, 0.25) is 17.0 Å². The molecule has 0 fully saturated rings. The first-order chi connectivity index (χ1) is 12.6. The van der Waals surface area contributed by atoms with Gasteiger partial charge in [-0.15, -0.1) is 16.8 Å². The lowest BCUT2D eigenvalue weighted by molar-refractivity contribution is 0.974. The molecular formula is C16H18N8S2. The summed E-state index contributed by atoms with van der Waals surface area (Å²) in [5, 5.41) is 15.2. The molecule has 4 N–H and O–H groups in total. The van der Waals surface area contributed by atoms with Crippen molar-refractivity contribution < 1.29 is 0 Å². The van der Waals surface area contributed by atoms with E-state index in [2.05, 4.69) is 42.4 Å². The van der Waals surface area contributed by atoms with Gasteiger partial charge in [-0.1, -0.05) is 47.4 Å². The lowest BCUT2D eigenvalue weighted by Crippen LogP contribution is -2.07. The number of anilines is 4. The molecule has 0 bridgehead atoms. The van der Waals surface area contributed by atoms with E-state index < -0.39 is 0 Å². The maximum absolute atomic E-state index is 5.82. The van der Waals surface area contributed by atoms with Crippen molar-refractivity contribution in [1.29, 1.82) is 0 Å². The van der Waals surface area contributed by atoms with Crippen LogP contribution in [0.3, 0.4) is 0 Å². The Morgan fingerprint density at radius 3 is 2.88 bits per heavy atom. The minimum Gasteiger partial charge on any atom is -0.368 e. The number of rotatable bonds is 8. The van der Waals surface area contributed by atoms with E-state index in [9.17, 15) is 0 Å². The van der Waals surface area contributed by atoms with Gasteiger partial charge in [0, 0.05) is 12.2 Å². The normalized spacial score (nSPS) is 10.5. The highest BCUT2D eigenvalue weighted by atomic mass is 32.2. The summed E-state index contributed by atoms with van der Waals surface area (Å²) in [6, 6.07) is 7.90. The van der Waals surface area contributed by atoms with E-state index in [1.807, 2.05) is 31.2 Å². The molecule has 10 heteroatoms. The molecule has 0 aliphatic rings. The van der Waals surface area contributed by atoms with Crippen molar-refractivity contribution in [2.24, 2.45) is 0 Å². The maximum atomic E-state index is 5.82. The fourth-order valence-electron chi connectivity index (χ4n) is 2.02. The summed E-state index contributed by atoms with van der Waals surface area (Å²) in [6.07, 6.45) is 1.77.